The minimum atomic E-state index is -1.76. The van der Waals surface area contributed by atoms with Crippen LogP contribution in [0.3, 0.4) is 0 Å². The highest BCUT2D eigenvalue weighted by Gasteiger charge is 2.39. The molecule has 0 aliphatic heterocycles. The third-order valence-corrected chi connectivity index (χ3v) is 11.7. The van der Waals surface area contributed by atoms with E-state index in [0.717, 1.165) is 37.3 Å². The standard InChI is InChI=1S/C25H51NOSSi/c1-10-14-15-16-17-19-23(27-29(8,9)25(5,6)7)21-20-22(18-11-2)24(28)26(12-3)13-4/h11,22-23H,2,10,12-21H2,1,3-9H3. The van der Waals surface area contributed by atoms with Crippen LogP contribution in [-0.2, 0) is 4.43 Å². The molecule has 0 aromatic carbocycles. The first-order chi connectivity index (χ1) is 13.5. The van der Waals surface area contributed by atoms with E-state index in [9.17, 15) is 0 Å². The van der Waals surface area contributed by atoms with E-state index >= 15 is 0 Å². The summed E-state index contributed by atoms with van der Waals surface area (Å²) in [5.41, 5.74) is 0. The Kier molecular flexibility index (Phi) is 14.7. The molecule has 0 heterocycles. The number of nitrogens with zero attached hydrogens (tertiary/aromatic N) is 1. The molecule has 172 valence electrons. The first kappa shape index (κ1) is 28.8. The van der Waals surface area contributed by atoms with Crippen molar-refractivity contribution in [2.45, 2.75) is 124 Å². The number of thiocarbonyl (C=S) groups is 1. The van der Waals surface area contributed by atoms with E-state index in [1.165, 1.54) is 38.5 Å². The highest BCUT2D eigenvalue weighted by atomic mass is 32.1. The molecule has 0 N–H and O–H groups in total. The molecule has 2 nitrogen and oxygen atoms in total. The van der Waals surface area contributed by atoms with Gasteiger partial charge in [0, 0.05) is 25.1 Å². The zero-order valence-corrected chi connectivity index (χ0v) is 22.8. The lowest BCUT2D eigenvalue weighted by atomic mass is 9.94. The van der Waals surface area contributed by atoms with Gasteiger partial charge in [0.25, 0.3) is 0 Å². The molecule has 0 rings (SSSR count). The molecule has 0 saturated heterocycles. The van der Waals surface area contributed by atoms with Gasteiger partial charge in [0.05, 0.1) is 4.99 Å². The molecule has 2 atom stereocenters. The Labute approximate surface area is 190 Å². The summed E-state index contributed by atoms with van der Waals surface area (Å²) in [6.45, 7) is 24.4. The van der Waals surface area contributed by atoms with Crippen molar-refractivity contribution in [2.75, 3.05) is 13.1 Å². The number of unbranched alkanes of at least 4 members (excludes halogenated alkanes) is 4. The summed E-state index contributed by atoms with van der Waals surface area (Å²) in [5, 5.41) is 0.254. The quantitative estimate of drug-likeness (QED) is 0.103. The molecule has 4 heteroatoms. The summed E-state index contributed by atoms with van der Waals surface area (Å²) in [4.78, 5) is 3.45. The van der Waals surface area contributed by atoms with Crippen molar-refractivity contribution < 1.29 is 4.43 Å². The fourth-order valence-electron chi connectivity index (χ4n) is 3.56. The maximum atomic E-state index is 6.89. The van der Waals surface area contributed by atoms with E-state index < -0.39 is 8.32 Å². The Balaban J connectivity index is 5.08. The average molecular weight is 442 g/mol. The summed E-state index contributed by atoms with van der Waals surface area (Å²) in [6, 6.07) is 0. The van der Waals surface area contributed by atoms with E-state index in [1.807, 2.05) is 6.08 Å². The van der Waals surface area contributed by atoms with E-state index in [0.29, 0.717) is 12.0 Å². The summed E-state index contributed by atoms with van der Waals surface area (Å²) in [6.07, 6.45) is 13.4. The van der Waals surface area contributed by atoms with Gasteiger partial charge in [-0.3, -0.25) is 0 Å². The van der Waals surface area contributed by atoms with Crippen LogP contribution in [0.25, 0.3) is 0 Å². The van der Waals surface area contributed by atoms with Gasteiger partial charge in [-0.1, -0.05) is 78.1 Å². The predicted molar refractivity (Wildman–Crippen MR) is 139 cm³/mol. The molecule has 0 spiro atoms. The lowest BCUT2D eigenvalue weighted by Gasteiger charge is -2.40. The third kappa shape index (κ3) is 11.1. The molecule has 0 saturated carbocycles. The molecule has 0 amide bonds. The molecular formula is C25H51NOSSi. The normalized spacial score (nSPS) is 14.5. The molecule has 0 aliphatic carbocycles. The maximum Gasteiger partial charge on any atom is 0.192 e. The van der Waals surface area contributed by atoms with Gasteiger partial charge in [0.15, 0.2) is 8.32 Å². The Morgan fingerprint density at radius 3 is 2.07 bits per heavy atom. The minimum Gasteiger partial charge on any atom is -0.414 e. The Bertz CT molecular complexity index is 454. The fraction of sp³-hybridized carbons (Fsp3) is 0.880. The highest BCUT2D eigenvalue weighted by molar-refractivity contribution is 7.80. The van der Waals surface area contributed by atoms with Crippen LogP contribution >= 0.6 is 12.2 Å². The zero-order valence-electron chi connectivity index (χ0n) is 21.0. The van der Waals surface area contributed by atoms with Crippen LogP contribution in [-0.4, -0.2) is 37.4 Å². The number of rotatable bonds is 16. The second kappa shape index (κ2) is 14.7. The summed E-state index contributed by atoms with van der Waals surface area (Å²) in [5.74, 6) is 0.410. The molecule has 0 bridgehead atoms. The largest absolute Gasteiger partial charge is 0.414 e. The number of allylic oxidation sites excluding steroid dienone is 1. The lowest BCUT2D eigenvalue weighted by molar-refractivity contribution is 0.151. The van der Waals surface area contributed by atoms with Crippen LogP contribution in [0.4, 0.5) is 0 Å². The first-order valence-corrected chi connectivity index (χ1v) is 15.4. The average Bonchev–Trinajstić information content (AvgIpc) is 2.64. The van der Waals surface area contributed by atoms with Crippen LogP contribution in [0.5, 0.6) is 0 Å². The predicted octanol–water partition coefficient (Wildman–Crippen LogP) is 8.38. The third-order valence-electron chi connectivity index (χ3n) is 6.61. The highest BCUT2D eigenvalue weighted by Crippen LogP contribution is 2.38. The van der Waals surface area contributed by atoms with Crippen LogP contribution in [0.2, 0.25) is 18.1 Å². The van der Waals surface area contributed by atoms with Gasteiger partial charge < -0.3 is 9.33 Å². The number of hydrogen-bond acceptors (Lipinski definition) is 2. The van der Waals surface area contributed by atoms with Gasteiger partial charge in [-0.15, -0.1) is 6.58 Å². The molecular weight excluding hydrogens is 390 g/mol. The van der Waals surface area contributed by atoms with Crippen molar-refractivity contribution >= 4 is 25.5 Å². The van der Waals surface area contributed by atoms with Crippen LogP contribution < -0.4 is 0 Å². The summed E-state index contributed by atoms with van der Waals surface area (Å²) in [7, 11) is -1.76. The van der Waals surface area contributed by atoms with Crippen LogP contribution in [0.1, 0.15) is 99.3 Å². The van der Waals surface area contributed by atoms with Crippen molar-refractivity contribution in [3.63, 3.8) is 0 Å². The molecule has 0 aromatic heterocycles. The summed E-state index contributed by atoms with van der Waals surface area (Å²) < 4.78 is 6.89. The minimum absolute atomic E-state index is 0.254. The zero-order chi connectivity index (χ0) is 22.5. The molecule has 0 radical (unpaired) electrons. The van der Waals surface area contributed by atoms with Gasteiger partial charge in [-0.25, -0.2) is 0 Å². The molecule has 0 aliphatic rings. The second-order valence-electron chi connectivity index (χ2n) is 10.0. The van der Waals surface area contributed by atoms with E-state index in [-0.39, 0.29) is 5.04 Å². The lowest BCUT2D eigenvalue weighted by Crippen LogP contribution is -2.44. The summed E-state index contributed by atoms with van der Waals surface area (Å²) >= 11 is 5.86. The number of hydrogen-bond donors (Lipinski definition) is 0. The second-order valence-corrected chi connectivity index (χ2v) is 15.2. The topological polar surface area (TPSA) is 12.5 Å². The van der Waals surface area contributed by atoms with Crippen molar-refractivity contribution in [3.05, 3.63) is 12.7 Å². The SMILES string of the molecule is C=CCC(CCC(CCCCCCC)O[Si](C)(C)C(C)(C)C)C(=S)N(CC)CC. The van der Waals surface area contributed by atoms with E-state index in [1.54, 1.807) is 0 Å². The van der Waals surface area contributed by atoms with Gasteiger partial charge >= 0.3 is 0 Å². The van der Waals surface area contributed by atoms with Gasteiger partial charge in [-0.2, -0.15) is 0 Å². The van der Waals surface area contributed by atoms with Crippen molar-refractivity contribution in [1.82, 2.24) is 4.90 Å². The van der Waals surface area contributed by atoms with Gasteiger partial charge in [-0.05, 0) is 57.7 Å². The monoisotopic (exact) mass is 441 g/mol. The fourth-order valence-corrected chi connectivity index (χ4v) is 5.45. The van der Waals surface area contributed by atoms with Crippen molar-refractivity contribution in [2.24, 2.45) is 5.92 Å². The van der Waals surface area contributed by atoms with Crippen LogP contribution in [0.15, 0.2) is 12.7 Å². The molecule has 0 fully saturated rings. The van der Waals surface area contributed by atoms with Crippen molar-refractivity contribution in [1.29, 1.82) is 0 Å². The molecule has 0 aromatic rings. The van der Waals surface area contributed by atoms with Gasteiger partial charge in [0.1, 0.15) is 0 Å². The Hall–Kier alpha value is -0.193. The smallest absolute Gasteiger partial charge is 0.192 e. The Morgan fingerprint density at radius 2 is 1.59 bits per heavy atom. The first-order valence-electron chi connectivity index (χ1n) is 12.1. The van der Waals surface area contributed by atoms with Crippen LogP contribution in [0, 0.1) is 5.92 Å². The van der Waals surface area contributed by atoms with Crippen molar-refractivity contribution in [3.8, 4) is 0 Å². The van der Waals surface area contributed by atoms with E-state index in [2.05, 4.69) is 66.1 Å². The van der Waals surface area contributed by atoms with E-state index in [4.69, 9.17) is 16.6 Å². The maximum absolute atomic E-state index is 6.89. The molecule has 29 heavy (non-hydrogen) atoms. The Morgan fingerprint density at radius 1 is 1.00 bits per heavy atom. The van der Waals surface area contributed by atoms with Gasteiger partial charge in [0.2, 0.25) is 0 Å². The molecule has 2 unspecified atom stereocenters.